The van der Waals surface area contributed by atoms with Crippen molar-refractivity contribution in [2.75, 3.05) is 20.1 Å². The summed E-state index contributed by atoms with van der Waals surface area (Å²) < 4.78 is 44.3. The summed E-state index contributed by atoms with van der Waals surface area (Å²) in [4.78, 5) is 14.2. The highest BCUT2D eigenvalue weighted by Gasteiger charge is 2.36. The Kier molecular flexibility index (Phi) is 7.35. The van der Waals surface area contributed by atoms with Gasteiger partial charge in [-0.15, -0.1) is 12.4 Å². The van der Waals surface area contributed by atoms with Crippen LogP contribution in [0.2, 0.25) is 0 Å². The van der Waals surface area contributed by atoms with E-state index in [1.165, 1.54) is 25.1 Å². The Labute approximate surface area is 145 Å². The first-order chi connectivity index (χ1) is 10.8. The smallest absolute Gasteiger partial charge is 0.419 e. The molecular formula is C16H22ClF3N2O2. The first kappa shape index (κ1) is 20.6. The lowest BCUT2D eigenvalue weighted by Gasteiger charge is -2.28. The van der Waals surface area contributed by atoms with E-state index in [1.807, 2.05) is 0 Å². The molecule has 1 N–H and O–H groups in total. The van der Waals surface area contributed by atoms with Crippen LogP contribution < -0.4 is 10.1 Å². The number of hydrogen-bond acceptors (Lipinski definition) is 3. The fourth-order valence-electron chi connectivity index (χ4n) is 2.85. The van der Waals surface area contributed by atoms with Crippen LogP contribution in [-0.4, -0.2) is 43.1 Å². The number of likely N-dealkylation sites (tertiary alicyclic amines) is 1. The van der Waals surface area contributed by atoms with Crippen molar-refractivity contribution in [1.82, 2.24) is 10.2 Å². The minimum absolute atomic E-state index is 0. The molecule has 2 atom stereocenters. The van der Waals surface area contributed by atoms with Crippen molar-refractivity contribution >= 4 is 18.3 Å². The highest BCUT2D eigenvalue weighted by atomic mass is 35.5. The van der Waals surface area contributed by atoms with Crippen molar-refractivity contribution in [2.45, 2.75) is 38.1 Å². The lowest BCUT2D eigenvalue weighted by atomic mass is 10.2. The van der Waals surface area contributed by atoms with Crippen molar-refractivity contribution in [3.63, 3.8) is 0 Å². The molecule has 1 aliphatic heterocycles. The number of carbonyl (C=O) groups is 1. The van der Waals surface area contributed by atoms with E-state index in [-0.39, 0.29) is 30.1 Å². The Bertz CT molecular complexity index is 554. The molecule has 2 rings (SSSR count). The number of para-hydroxylation sites is 1. The monoisotopic (exact) mass is 366 g/mol. The molecule has 0 aromatic heterocycles. The molecule has 1 fully saturated rings. The van der Waals surface area contributed by atoms with Crippen LogP contribution >= 0.6 is 12.4 Å². The van der Waals surface area contributed by atoms with Gasteiger partial charge < -0.3 is 15.0 Å². The molecule has 1 aromatic rings. The molecule has 1 amide bonds. The summed E-state index contributed by atoms with van der Waals surface area (Å²) in [6.07, 6.45) is -3.69. The topological polar surface area (TPSA) is 41.6 Å². The predicted molar refractivity (Wildman–Crippen MR) is 87.4 cm³/mol. The normalized spacial score (nSPS) is 18.9. The zero-order chi connectivity index (χ0) is 17.0. The summed E-state index contributed by atoms with van der Waals surface area (Å²) in [6, 6.07) is 5.01. The van der Waals surface area contributed by atoms with Crippen molar-refractivity contribution < 1.29 is 22.7 Å². The molecule has 1 heterocycles. The molecule has 1 saturated heterocycles. The van der Waals surface area contributed by atoms with Gasteiger partial charge in [0.15, 0.2) is 6.10 Å². The SMILES string of the molecule is CNCC1CCCN1C(=O)C(C)Oc1ccccc1C(F)(F)F.Cl. The van der Waals surface area contributed by atoms with Gasteiger partial charge in [0.1, 0.15) is 5.75 Å². The fourth-order valence-corrected chi connectivity index (χ4v) is 2.85. The Morgan fingerprint density at radius 2 is 2.08 bits per heavy atom. The first-order valence-corrected chi connectivity index (χ1v) is 7.62. The number of ether oxygens (including phenoxy) is 1. The van der Waals surface area contributed by atoms with Gasteiger partial charge in [-0.25, -0.2) is 0 Å². The van der Waals surface area contributed by atoms with Gasteiger partial charge in [-0.2, -0.15) is 13.2 Å². The van der Waals surface area contributed by atoms with Gasteiger partial charge in [-0.1, -0.05) is 12.1 Å². The third-order valence-electron chi connectivity index (χ3n) is 3.94. The van der Waals surface area contributed by atoms with E-state index in [4.69, 9.17) is 4.74 Å². The molecule has 0 saturated carbocycles. The number of nitrogens with zero attached hydrogens (tertiary/aromatic N) is 1. The van der Waals surface area contributed by atoms with E-state index in [2.05, 4.69) is 5.32 Å². The van der Waals surface area contributed by atoms with Crippen LogP contribution in [0.1, 0.15) is 25.3 Å². The van der Waals surface area contributed by atoms with E-state index in [9.17, 15) is 18.0 Å². The Morgan fingerprint density at radius 3 is 2.71 bits per heavy atom. The third kappa shape index (κ3) is 4.77. The van der Waals surface area contributed by atoms with Crippen LogP contribution in [0.4, 0.5) is 13.2 Å². The minimum Gasteiger partial charge on any atom is -0.480 e. The highest BCUT2D eigenvalue weighted by Crippen LogP contribution is 2.36. The summed E-state index contributed by atoms with van der Waals surface area (Å²) in [7, 11) is 1.81. The van der Waals surface area contributed by atoms with Gasteiger partial charge in [0.05, 0.1) is 5.56 Å². The number of rotatable bonds is 5. The molecular weight excluding hydrogens is 345 g/mol. The van der Waals surface area contributed by atoms with E-state index < -0.39 is 17.8 Å². The molecule has 4 nitrogen and oxygen atoms in total. The second-order valence-corrected chi connectivity index (χ2v) is 5.64. The number of amides is 1. The van der Waals surface area contributed by atoms with Crippen molar-refractivity contribution in [3.8, 4) is 5.75 Å². The standard InChI is InChI=1S/C16H21F3N2O2.ClH/c1-11(15(22)21-9-5-6-12(21)10-20-2)23-14-8-4-3-7-13(14)16(17,18)19;/h3-4,7-8,11-12,20H,5-6,9-10H2,1-2H3;1H. The van der Waals surface area contributed by atoms with Gasteiger partial charge >= 0.3 is 6.18 Å². The van der Waals surface area contributed by atoms with Gasteiger partial charge in [0.25, 0.3) is 5.91 Å². The van der Waals surface area contributed by atoms with Crippen LogP contribution in [-0.2, 0) is 11.0 Å². The number of halogens is 4. The van der Waals surface area contributed by atoms with E-state index in [1.54, 1.807) is 11.9 Å². The number of hydrogen-bond donors (Lipinski definition) is 1. The molecule has 0 radical (unpaired) electrons. The van der Waals surface area contributed by atoms with Crippen LogP contribution in [0.5, 0.6) is 5.75 Å². The highest BCUT2D eigenvalue weighted by molar-refractivity contribution is 5.85. The zero-order valence-electron chi connectivity index (χ0n) is 13.6. The summed E-state index contributed by atoms with van der Waals surface area (Å²) >= 11 is 0. The average Bonchev–Trinajstić information content (AvgIpc) is 2.94. The van der Waals surface area contributed by atoms with Gasteiger partial charge in [-0.3, -0.25) is 4.79 Å². The van der Waals surface area contributed by atoms with Crippen molar-refractivity contribution in [1.29, 1.82) is 0 Å². The maximum absolute atomic E-state index is 13.0. The van der Waals surface area contributed by atoms with Crippen molar-refractivity contribution in [3.05, 3.63) is 29.8 Å². The second kappa shape index (κ2) is 8.58. The summed E-state index contributed by atoms with van der Waals surface area (Å²) in [5.74, 6) is -0.593. The molecule has 2 unspecified atom stereocenters. The Morgan fingerprint density at radius 1 is 1.42 bits per heavy atom. The predicted octanol–water partition coefficient (Wildman–Crippen LogP) is 3.10. The summed E-state index contributed by atoms with van der Waals surface area (Å²) in [6.45, 7) is 2.77. The van der Waals surface area contributed by atoms with Crippen LogP contribution in [0.15, 0.2) is 24.3 Å². The molecule has 1 aliphatic rings. The molecule has 1 aromatic carbocycles. The quantitative estimate of drug-likeness (QED) is 0.870. The molecule has 0 bridgehead atoms. The maximum Gasteiger partial charge on any atom is 0.419 e. The second-order valence-electron chi connectivity index (χ2n) is 5.64. The first-order valence-electron chi connectivity index (χ1n) is 7.62. The maximum atomic E-state index is 13.0. The Balaban J connectivity index is 0.00000288. The summed E-state index contributed by atoms with van der Waals surface area (Å²) in [5, 5.41) is 3.03. The third-order valence-corrected chi connectivity index (χ3v) is 3.94. The molecule has 0 aliphatic carbocycles. The van der Waals surface area contributed by atoms with Gasteiger partial charge in [-0.05, 0) is 38.9 Å². The van der Waals surface area contributed by atoms with Crippen LogP contribution in [0.3, 0.4) is 0 Å². The lowest BCUT2D eigenvalue weighted by Crippen LogP contribution is -2.46. The molecule has 24 heavy (non-hydrogen) atoms. The van der Waals surface area contributed by atoms with Gasteiger partial charge in [0.2, 0.25) is 0 Å². The summed E-state index contributed by atoms with van der Waals surface area (Å²) in [5.41, 5.74) is -0.868. The Hall–Kier alpha value is -1.47. The number of carbonyl (C=O) groups excluding carboxylic acids is 1. The van der Waals surface area contributed by atoms with E-state index in [0.717, 1.165) is 18.9 Å². The molecule has 0 spiro atoms. The van der Waals surface area contributed by atoms with Crippen molar-refractivity contribution in [2.24, 2.45) is 0 Å². The van der Waals surface area contributed by atoms with Crippen LogP contribution in [0.25, 0.3) is 0 Å². The minimum atomic E-state index is -4.51. The zero-order valence-corrected chi connectivity index (χ0v) is 14.4. The van der Waals surface area contributed by atoms with Crippen LogP contribution in [0, 0.1) is 0 Å². The van der Waals surface area contributed by atoms with E-state index in [0.29, 0.717) is 13.1 Å². The van der Waals surface area contributed by atoms with Gasteiger partial charge in [0, 0.05) is 19.1 Å². The fraction of sp³-hybridized carbons (Fsp3) is 0.562. The lowest BCUT2D eigenvalue weighted by molar-refractivity contribution is -0.143. The number of nitrogens with one attached hydrogen (secondary N) is 1. The number of benzene rings is 1. The van der Waals surface area contributed by atoms with E-state index >= 15 is 0 Å². The molecule has 136 valence electrons. The largest absolute Gasteiger partial charge is 0.480 e. The molecule has 8 heteroatoms. The average molecular weight is 367 g/mol. The number of likely N-dealkylation sites (N-methyl/N-ethyl adjacent to an activating group) is 1. The number of alkyl halides is 3.